The molecule has 0 aliphatic carbocycles. The number of carbonyl (C=O) groups is 1. The molecule has 218 valence electrons. The molecule has 0 unspecified atom stereocenters. The van der Waals surface area contributed by atoms with Crippen LogP contribution >= 0.6 is 0 Å². The third-order valence-electron chi connectivity index (χ3n) is 8.87. The van der Waals surface area contributed by atoms with E-state index in [1.54, 1.807) is 0 Å². The molecular formula is C35H41N5O2. The lowest BCUT2D eigenvalue weighted by atomic mass is 9.74. The van der Waals surface area contributed by atoms with Crippen molar-refractivity contribution in [2.45, 2.75) is 39.8 Å². The van der Waals surface area contributed by atoms with Gasteiger partial charge in [0.05, 0.1) is 0 Å². The van der Waals surface area contributed by atoms with Gasteiger partial charge < -0.3 is 29.7 Å². The lowest BCUT2D eigenvalue weighted by Gasteiger charge is -2.45. The van der Waals surface area contributed by atoms with Crippen molar-refractivity contribution in [2.75, 3.05) is 49.1 Å². The maximum Gasteiger partial charge on any atom is 0.255 e. The minimum Gasteiger partial charge on any atom is -0.456 e. The molecule has 0 radical (unpaired) electrons. The zero-order valence-electron chi connectivity index (χ0n) is 25.1. The number of nitrogens with zero attached hydrogens (tertiary/aromatic N) is 3. The minimum atomic E-state index is -0.797. The van der Waals surface area contributed by atoms with Crippen molar-refractivity contribution in [3.8, 4) is 11.5 Å². The van der Waals surface area contributed by atoms with Crippen molar-refractivity contribution >= 4 is 17.3 Å². The monoisotopic (exact) mass is 563 g/mol. The van der Waals surface area contributed by atoms with Gasteiger partial charge in [-0.05, 0) is 63.6 Å². The normalized spacial score (nSPS) is 14.4. The summed E-state index contributed by atoms with van der Waals surface area (Å²) in [7, 11) is 0. The summed E-state index contributed by atoms with van der Waals surface area (Å²) >= 11 is 0. The number of aromatic nitrogens is 1. The van der Waals surface area contributed by atoms with E-state index in [2.05, 4.69) is 101 Å². The molecule has 1 aromatic heterocycles. The molecule has 7 nitrogen and oxygen atoms in total. The second-order valence-corrected chi connectivity index (χ2v) is 10.9. The van der Waals surface area contributed by atoms with Gasteiger partial charge in [-0.2, -0.15) is 0 Å². The fourth-order valence-corrected chi connectivity index (χ4v) is 6.79. The summed E-state index contributed by atoms with van der Waals surface area (Å²) in [5.74, 6) is 1.65. The highest BCUT2D eigenvalue weighted by atomic mass is 16.5. The Kier molecular flexibility index (Phi) is 7.69. The predicted molar refractivity (Wildman–Crippen MR) is 170 cm³/mol. The Morgan fingerprint density at radius 2 is 1.40 bits per heavy atom. The number of nitrogens with one attached hydrogen (secondary N) is 2. The van der Waals surface area contributed by atoms with E-state index in [4.69, 9.17) is 4.74 Å². The summed E-state index contributed by atoms with van der Waals surface area (Å²) in [5, 5.41) is 3.54. The molecule has 3 heterocycles. The van der Waals surface area contributed by atoms with Gasteiger partial charge in [-0.1, -0.05) is 30.3 Å². The Bertz CT molecular complexity index is 1490. The number of hydrogen-bond donors (Lipinski definition) is 2. The van der Waals surface area contributed by atoms with Crippen LogP contribution in [0.25, 0.3) is 0 Å². The average molecular weight is 564 g/mol. The summed E-state index contributed by atoms with van der Waals surface area (Å²) in [5.41, 5.74) is 6.33. The molecule has 0 saturated heterocycles. The lowest BCUT2D eigenvalue weighted by Crippen LogP contribution is -2.49. The quantitative estimate of drug-likeness (QED) is 0.208. The van der Waals surface area contributed by atoms with Crippen LogP contribution in [0, 0.1) is 0 Å². The first-order valence-electron chi connectivity index (χ1n) is 15.3. The first-order valence-corrected chi connectivity index (χ1v) is 15.3. The van der Waals surface area contributed by atoms with Crippen LogP contribution in [0.5, 0.6) is 11.5 Å². The van der Waals surface area contributed by atoms with Crippen LogP contribution in [0.1, 0.15) is 60.4 Å². The Hall–Kier alpha value is -4.23. The van der Waals surface area contributed by atoms with E-state index in [0.29, 0.717) is 19.6 Å². The molecule has 1 amide bonds. The molecule has 0 bridgehead atoms. The number of H-pyrrole nitrogens is 1. The number of ether oxygens (including phenoxy) is 1. The highest BCUT2D eigenvalue weighted by Crippen LogP contribution is 2.58. The number of fused-ring (bicyclic) bond motifs is 6. The smallest absolute Gasteiger partial charge is 0.255 e. The molecule has 0 atom stereocenters. The molecule has 42 heavy (non-hydrogen) atoms. The highest BCUT2D eigenvalue weighted by molar-refractivity contribution is 6.02. The summed E-state index contributed by atoms with van der Waals surface area (Å²) < 4.78 is 6.79. The summed E-state index contributed by atoms with van der Waals surface area (Å²) in [6.07, 6.45) is 1.93. The van der Waals surface area contributed by atoms with Crippen molar-refractivity contribution in [3.05, 3.63) is 107 Å². The van der Waals surface area contributed by atoms with Gasteiger partial charge >= 0.3 is 0 Å². The third-order valence-corrected chi connectivity index (χ3v) is 8.87. The van der Waals surface area contributed by atoms with Crippen LogP contribution in [0.3, 0.4) is 0 Å². The minimum absolute atomic E-state index is 0.0479. The molecule has 0 fully saturated rings. The Balaban J connectivity index is 1.52. The van der Waals surface area contributed by atoms with Crippen molar-refractivity contribution in [1.29, 1.82) is 0 Å². The highest BCUT2D eigenvalue weighted by Gasteiger charge is 2.56. The summed E-state index contributed by atoms with van der Waals surface area (Å²) in [6, 6.07) is 25.2. The summed E-state index contributed by atoms with van der Waals surface area (Å²) in [6.45, 7) is 14.2. The van der Waals surface area contributed by atoms with Crippen molar-refractivity contribution < 1.29 is 9.53 Å². The molecular weight excluding hydrogens is 522 g/mol. The number of amides is 1. The molecule has 7 heteroatoms. The fraction of sp³-hybridized carbons (Fsp3) is 0.343. The molecule has 3 aromatic carbocycles. The Morgan fingerprint density at radius 1 is 0.786 bits per heavy atom. The predicted octanol–water partition coefficient (Wildman–Crippen LogP) is 6.35. The van der Waals surface area contributed by atoms with Gasteiger partial charge in [0, 0.05) is 97.9 Å². The van der Waals surface area contributed by atoms with Gasteiger partial charge in [0.15, 0.2) is 0 Å². The van der Waals surface area contributed by atoms with Crippen molar-refractivity contribution in [3.63, 3.8) is 0 Å². The lowest BCUT2D eigenvalue weighted by molar-refractivity contribution is 0.0667. The van der Waals surface area contributed by atoms with Gasteiger partial charge in [0.25, 0.3) is 5.91 Å². The van der Waals surface area contributed by atoms with Gasteiger partial charge in [0.2, 0.25) is 0 Å². The molecule has 2 aliphatic heterocycles. The summed E-state index contributed by atoms with van der Waals surface area (Å²) in [4.78, 5) is 24.3. The number of aromatic amines is 1. The van der Waals surface area contributed by atoms with Gasteiger partial charge in [-0.15, -0.1) is 0 Å². The first-order chi connectivity index (χ1) is 20.6. The number of rotatable bonds is 11. The van der Waals surface area contributed by atoms with E-state index >= 15 is 0 Å². The largest absolute Gasteiger partial charge is 0.456 e. The second-order valence-electron chi connectivity index (χ2n) is 10.9. The van der Waals surface area contributed by atoms with Crippen LogP contribution in [0.15, 0.2) is 79.0 Å². The SMILES string of the molecule is CCN(CC)c1ccc2c(c1)Oc1cc(N(CC)CC)ccc1C21c2ccccc2C(=O)N1CCNCc1ccc[nH]1. The van der Waals surface area contributed by atoms with Gasteiger partial charge in [-0.25, -0.2) is 0 Å². The van der Waals surface area contributed by atoms with Gasteiger partial charge in [-0.3, -0.25) is 4.79 Å². The van der Waals surface area contributed by atoms with Crippen molar-refractivity contribution in [1.82, 2.24) is 15.2 Å². The average Bonchev–Trinajstić information content (AvgIpc) is 3.62. The third kappa shape index (κ3) is 4.43. The number of anilines is 2. The van der Waals surface area contributed by atoms with E-state index in [9.17, 15) is 4.79 Å². The molecule has 6 rings (SSSR count). The molecule has 1 spiro atoms. The maximum absolute atomic E-state index is 14.3. The van der Waals surface area contributed by atoms with Crippen LogP contribution < -0.4 is 19.9 Å². The molecule has 4 aromatic rings. The standard InChI is InChI=1S/C35H41N5O2/c1-5-38(6-2)26-15-17-30-32(22-26)42-33-23-27(39(7-3)8-4)16-18-31(33)35(30)29-14-10-9-13-28(29)34(41)40(35)21-20-36-24-25-12-11-19-37-25/h9-19,22-23,36-37H,5-8,20-21,24H2,1-4H3. The van der Waals surface area contributed by atoms with E-state index < -0.39 is 5.54 Å². The molecule has 0 saturated carbocycles. The van der Waals surface area contributed by atoms with E-state index in [0.717, 1.165) is 77.0 Å². The van der Waals surface area contributed by atoms with Crippen LogP contribution in [0.2, 0.25) is 0 Å². The first kappa shape index (κ1) is 27.9. The second kappa shape index (κ2) is 11.6. The Labute approximate surface area is 249 Å². The van der Waals surface area contributed by atoms with E-state index in [-0.39, 0.29) is 5.91 Å². The van der Waals surface area contributed by atoms with Crippen LogP contribution in [-0.4, -0.2) is 55.1 Å². The number of hydrogen-bond acceptors (Lipinski definition) is 5. The Morgan fingerprint density at radius 3 is 1.98 bits per heavy atom. The van der Waals surface area contributed by atoms with Crippen LogP contribution in [-0.2, 0) is 12.1 Å². The van der Waals surface area contributed by atoms with E-state index in [1.165, 1.54) is 0 Å². The maximum atomic E-state index is 14.3. The van der Waals surface area contributed by atoms with Gasteiger partial charge in [0.1, 0.15) is 17.0 Å². The zero-order chi connectivity index (χ0) is 29.3. The molecule has 2 N–H and O–H groups in total. The number of benzene rings is 3. The van der Waals surface area contributed by atoms with Crippen molar-refractivity contribution in [2.24, 2.45) is 0 Å². The fourth-order valence-electron chi connectivity index (χ4n) is 6.79. The van der Waals surface area contributed by atoms with Crippen LogP contribution in [0.4, 0.5) is 11.4 Å². The zero-order valence-corrected chi connectivity index (χ0v) is 25.1. The van der Waals surface area contributed by atoms with E-state index in [1.807, 2.05) is 30.5 Å². The topological polar surface area (TPSA) is 63.8 Å². The number of carbonyl (C=O) groups excluding carboxylic acids is 1. The molecule has 2 aliphatic rings.